The molecule has 0 aliphatic heterocycles. The van der Waals surface area contributed by atoms with Crippen LogP contribution in [0.25, 0.3) is 0 Å². The Bertz CT molecular complexity index is 268. The highest BCUT2D eigenvalue weighted by Crippen LogP contribution is 2.17. The van der Waals surface area contributed by atoms with Crippen LogP contribution in [-0.2, 0) is 0 Å². The van der Waals surface area contributed by atoms with E-state index in [-0.39, 0.29) is 0 Å². The molecule has 0 saturated carbocycles. The topological polar surface area (TPSA) is 12.0 Å². The molecule has 0 spiro atoms. The van der Waals surface area contributed by atoms with E-state index in [4.69, 9.17) is 0 Å². The molecular formula is C16H27N. The summed E-state index contributed by atoms with van der Waals surface area (Å²) in [6, 6.07) is 10.8. The average Bonchev–Trinajstić information content (AvgIpc) is 2.38. The Balaban J connectivity index is 2.03. The van der Waals surface area contributed by atoms with Gasteiger partial charge in [0.25, 0.3) is 0 Å². The number of hydrogen-bond acceptors (Lipinski definition) is 1. The van der Waals surface area contributed by atoms with Crippen LogP contribution in [0, 0.1) is 0 Å². The summed E-state index contributed by atoms with van der Waals surface area (Å²) in [5.41, 5.74) is 1.46. The molecule has 1 atom stereocenters. The Morgan fingerprint density at radius 1 is 1.00 bits per heavy atom. The first-order valence-corrected chi connectivity index (χ1v) is 7.10. The third-order valence-corrected chi connectivity index (χ3v) is 3.33. The predicted octanol–water partition coefficient (Wildman–Crippen LogP) is 4.35. The Labute approximate surface area is 107 Å². The van der Waals surface area contributed by atoms with Crippen molar-refractivity contribution in [3.8, 4) is 0 Å². The van der Waals surface area contributed by atoms with Crippen LogP contribution in [-0.4, -0.2) is 13.1 Å². The average molecular weight is 233 g/mol. The van der Waals surface area contributed by atoms with Crippen molar-refractivity contribution in [2.24, 2.45) is 0 Å². The molecule has 17 heavy (non-hydrogen) atoms. The van der Waals surface area contributed by atoms with Gasteiger partial charge in [0.15, 0.2) is 0 Å². The van der Waals surface area contributed by atoms with Gasteiger partial charge in [0.2, 0.25) is 0 Å². The Morgan fingerprint density at radius 2 is 1.76 bits per heavy atom. The minimum atomic E-state index is 0.666. The molecule has 1 heteroatoms. The minimum Gasteiger partial charge on any atom is -0.317 e. The van der Waals surface area contributed by atoms with E-state index < -0.39 is 0 Å². The van der Waals surface area contributed by atoms with Crippen molar-refractivity contribution in [1.82, 2.24) is 5.32 Å². The third kappa shape index (κ3) is 6.48. The maximum absolute atomic E-state index is 3.54. The Morgan fingerprint density at radius 3 is 2.47 bits per heavy atom. The van der Waals surface area contributed by atoms with Crippen LogP contribution < -0.4 is 5.32 Å². The molecule has 1 aromatic rings. The zero-order chi connectivity index (χ0) is 12.3. The summed E-state index contributed by atoms with van der Waals surface area (Å²) < 4.78 is 0. The van der Waals surface area contributed by atoms with Gasteiger partial charge in [-0.15, -0.1) is 0 Å². The van der Waals surface area contributed by atoms with Crippen molar-refractivity contribution in [2.45, 2.75) is 51.9 Å². The van der Waals surface area contributed by atoms with E-state index in [9.17, 15) is 0 Å². The predicted molar refractivity (Wildman–Crippen MR) is 76.5 cm³/mol. The molecule has 1 rings (SSSR count). The summed E-state index contributed by atoms with van der Waals surface area (Å²) in [6.45, 7) is 6.90. The number of unbranched alkanes of at least 4 members (excludes halogenated alkanes) is 3. The fourth-order valence-corrected chi connectivity index (χ4v) is 2.07. The highest BCUT2D eigenvalue weighted by molar-refractivity contribution is 5.18. The Hall–Kier alpha value is -0.820. The number of rotatable bonds is 9. The maximum Gasteiger partial charge on any atom is -0.00432 e. The van der Waals surface area contributed by atoms with Gasteiger partial charge in [-0.25, -0.2) is 0 Å². The number of hydrogen-bond donors (Lipinski definition) is 1. The van der Waals surface area contributed by atoms with Crippen molar-refractivity contribution in [1.29, 1.82) is 0 Å². The molecule has 1 aromatic carbocycles. The second-order valence-corrected chi connectivity index (χ2v) is 4.91. The highest BCUT2D eigenvalue weighted by atomic mass is 14.8. The van der Waals surface area contributed by atoms with Crippen LogP contribution in [0.15, 0.2) is 30.3 Å². The van der Waals surface area contributed by atoms with Crippen LogP contribution in [0.3, 0.4) is 0 Å². The lowest BCUT2D eigenvalue weighted by atomic mass is 9.98. The molecule has 96 valence electrons. The first kappa shape index (κ1) is 14.2. The summed E-state index contributed by atoms with van der Waals surface area (Å²) in [6.07, 6.45) is 6.64. The van der Waals surface area contributed by atoms with Gasteiger partial charge in [-0.3, -0.25) is 0 Å². The highest BCUT2D eigenvalue weighted by Gasteiger charge is 2.03. The lowest BCUT2D eigenvalue weighted by molar-refractivity contribution is 0.560. The monoisotopic (exact) mass is 233 g/mol. The normalized spacial score (nSPS) is 12.6. The van der Waals surface area contributed by atoms with Crippen molar-refractivity contribution in [3.05, 3.63) is 35.9 Å². The molecule has 0 aliphatic carbocycles. The van der Waals surface area contributed by atoms with Gasteiger partial charge < -0.3 is 5.32 Å². The van der Waals surface area contributed by atoms with Crippen LogP contribution in [0.4, 0.5) is 0 Å². The van der Waals surface area contributed by atoms with Gasteiger partial charge in [0, 0.05) is 0 Å². The van der Waals surface area contributed by atoms with E-state index >= 15 is 0 Å². The lowest BCUT2D eigenvalue weighted by Crippen LogP contribution is -2.18. The van der Waals surface area contributed by atoms with Gasteiger partial charge in [-0.05, 0) is 37.4 Å². The summed E-state index contributed by atoms with van der Waals surface area (Å²) >= 11 is 0. The Kier molecular flexibility index (Phi) is 7.74. The third-order valence-electron chi connectivity index (χ3n) is 3.33. The summed E-state index contributed by atoms with van der Waals surface area (Å²) in [4.78, 5) is 0. The molecule has 1 nitrogen and oxygen atoms in total. The van der Waals surface area contributed by atoms with Crippen LogP contribution in [0.2, 0.25) is 0 Å². The molecule has 0 fully saturated rings. The zero-order valence-corrected chi connectivity index (χ0v) is 11.4. The second-order valence-electron chi connectivity index (χ2n) is 4.91. The summed E-state index contributed by atoms with van der Waals surface area (Å²) in [5, 5.41) is 3.54. The van der Waals surface area contributed by atoms with E-state index in [1.54, 1.807) is 0 Å². The first-order chi connectivity index (χ1) is 8.34. The van der Waals surface area contributed by atoms with E-state index in [0.717, 1.165) is 6.54 Å². The van der Waals surface area contributed by atoms with Crippen LogP contribution in [0.1, 0.15) is 57.4 Å². The van der Waals surface area contributed by atoms with E-state index in [1.165, 1.54) is 44.2 Å². The van der Waals surface area contributed by atoms with E-state index in [1.807, 2.05) is 0 Å². The van der Waals surface area contributed by atoms with E-state index in [2.05, 4.69) is 49.5 Å². The van der Waals surface area contributed by atoms with Gasteiger partial charge in [0.05, 0.1) is 0 Å². The van der Waals surface area contributed by atoms with Crippen LogP contribution in [0.5, 0.6) is 0 Å². The lowest BCUT2D eigenvalue weighted by Gasteiger charge is -2.12. The van der Waals surface area contributed by atoms with Crippen molar-refractivity contribution >= 4 is 0 Å². The van der Waals surface area contributed by atoms with E-state index in [0.29, 0.717) is 5.92 Å². The molecular weight excluding hydrogens is 206 g/mol. The summed E-state index contributed by atoms with van der Waals surface area (Å²) in [5.74, 6) is 0.666. The van der Waals surface area contributed by atoms with Gasteiger partial charge in [-0.1, -0.05) is 63.4 Å². The SMILES string of the molecule is CCCCCCNCCC(C)c1ccccc1. The molecule has 0 heterocycles. The standard InChI is InChI=1S/C16H27N/c1-3-4-5-9-13-17-14-12-15(2)16-10-7-6-8-11-16/h6-8,10-11,15,17H,3-5,9,12-14H2,1-2H3. The molecule has 1 N–H and O–H groups in total. The minimum absolute atomic E-state index is 0.666. The van der Waals surface area contributed by atoms with Crippen molar-refractivity contribution in [2.75, 3.05) is 13.1 Å². The first-order valence-electron chi connectivity index (χ1n) is 7.10. The number of benzene rings is 1. The molecule has 0 aromatic heterocycles. The smallest absolute Gasteiger partial charge is 0.00432 e. The molecule has 0 radical (unpaired) electrons. The molecule has 0 saturated heterocycles. The molecule has 0 aliphatic rings. The molecule has 0 amide bonds. The fraction of sp³-hybridized carbons (Fsp3) is 0.625. The maximum atomic E-state index is 3.54. The quantitative estimate of drug-likeness (QED) is 0.625. The van der Waals surface area contributed by atoms with Gasteiger partial charge in [0.1, 0.15) is 0 Å². The fourth-order valence-electron chi connectivity index (χ4n) is 2.07. The van der Waals surface area contributed by atoms with Crippen molar-refractivity contribution in [3.63, 3.8) is 0 Å². The van der Waals surface area contributed by atoms with Crippen molar-refractivity contribution < 1.29 is 0 Å². The van der Waals surface area contributed by atoms with Crippen LogP contribution >= 0.6 is 0 Å². The molecule has 1 unspecified atom stereocenters. The van der Waals surface area contributed by atoms with Gasteiger partial charge >= 0.3 is 0 Å². The number of nitrogens with one attached hydrogen (secondary N) is 1. The largest absolute Gasteiger partial charge is 0.317 e. The van der Waals surface area contributed by atoms with Gasteiger partial charge in [-0.2, -0.15) is 0 Å². The summed E-state index contributed by atoms with van der Waals surface area (Å²) in [7, 11) is 0. The molecule has 0 bridgehead atoms. The zero-order valence-electron chi connectivity index (χ0n) is 11.4. The second kappa shape index (κ2) is 9.23.